The second-order valence-corrected chi connectivity index (χ2v) is 5.78. The molecule has 0 unspecified atom stereocenters. The summed E-state index contributed by atoms with van der Waals surface area (Å²) in [5, 5.41) is 2.29. The van der Waals surface area contributed by atoms with Crippen molar-refractivity contribution in [1.82, 2.24) is 0 Å². The van der Waals surface area contributed by atoms with Crippen LogP contribution in [-0.2, 0) is 0 Å². The number of halogens is 3. The van der Waals surface area contributed by atoms with E-state index in [2.05, 4.69) is 17.2 Å². The van der Waals surface area contributed by atoms with Crippen molar-refractivity contribution in [3.63, 3.8) is 0 Å². The Labute approximate surface area is 134 Å². The summed E-state index contributed by atoms with van der Waals surface area (Å²) in [5.41, 5.74) is 5.60. The monoisotopic (exact) mass is 342 g/mol. The maximum atomic E-state index is 13.3. The van der Waals surface area contributed by atoms with E-state index in [4.69, 9.17) is 28.9 Å². The molecule has 2 aromatic rings. The van der Waals surface area contributed by atoms with Gasteiger partial charge in [-0.15, -0.1) is 11.3 Å². The van der Waals surface area contributed by atoms with Crippen LogP contribution < -0.4 is 11.1 Å². The molecule has 108 valence electrons. The molecule has 1 aromatic carbocycles. The zero-order valence-electron chi connectivity index (χ0n) is 10.5. The molecule has 21 heavy (non-hydrogen) atoms. The molecule has 1 heterocycles. The number of carbonyl (C=O) groups excluding carboxylic acids is 1. The van der Waals surface area contributed by atoms with Gasteiger partial charge < -0.3 is 11.1 Å². The van der Waals surface area contributed by atoms with Crippen molar-refractivity contribution in [2.75, 3.05) is 11.9 Å². The van der Waals surface area contributed by atoms with Gasteiger partial charge in [0.05, 0.1) is 26.3 Å². The minimum absolute atomic E-state index is 0.154. The fourth-order valence-electron chi connectivity index (χ4n) is 1.49. The maximum Gasteiger partial charge on any atom is 0.265 e. The number of benzene rings is 1. The third-order valence-electron chi connectivity index (χ3n) is 2.39. The van der Waals surface area contributed by atoms with Crippen LogP contribution in [0.3, 0.4) is 0 Å². The van der Waals surface area contributed by atoms with E-state index in [-0.39, 0.29) is 22.5 Å². The van der Waals surface area contributed by atoms with Crippen LogP contribution in [0.25, 0.3) is 0 Å². The van der Waals surface area contributed by atoms with E-state index in [0.717, 1.165) is 4.88 Å². The topological polar surface area (TPSA) is 55.1 Å². The lowest BCUT2D eigenvalue weighted by Gasteiger charge is -2.06. The van der Waals surface area contributed by atoms with Crippen molar-refractivity contribution in [3.8, 4) is 11.8 Å². The minimum atomic E-state index is -0.716. The Morgan fingerprint density at radius 3 is 2.62 bits per heavy atom. The Bertz CT molecular complexity index is 726. The quantitative estimate of drug-likeness (QED) is 0.644. The number of thiophene rings is 1. The van der Waals surface area contributed by atoms with Gasteiger partial charge in [0.2, 0.25) is 0 Å². The fraction of sp³-hybridized carbons (Fsp3) is 0.0714. The van der Waals surface area contributed by atoms with Gasteiger partial charge in [-0.05, 0) is 24.3 Å². The number of nitrogens with two attached hydrogens (primary N) is 1. The van der Waals surface area contributed by atoms with E-state index in [1.165, 1.54) is 23.5 Å². The number of carbonyl (C=O) groups is 1. The molecular formula is C14H9Cl2FN2OS. The molecular weight excluding hydrogens is 334 g/mol. The highest BCUT2D eigenvalue weighted by atomic mass is 35.5. The Hall–Kier alpha value is -1.58. The van der Waals surface area contributed by atoms with E-state index in [0.29, 0.717) is 10.6 Å². The first-order valence-corrected chi connectivity index (χ1v) is 7.33. The van der Waals surface area contributed by atoms with Crippen LogP contribution in [0.5, 0.6) is 0 Å². The minimum Gasteiger partial charge on any atom is -0.321 e. The van der Waals surface area contributed by atoms with Crippen LogP contribution >= 0.6 is 34.5 Å². The molecule has 0 radical (unpaired) electrons. The second kappa shape index (κ2) is 6.92. The highest BCUT2D eigenvalue weighted by molar-refractivity contribution is 7.14. The van der Waals surface area contributed by atoms with Crippen LogP contribution in [0.15, 0.2) is 24.3 Å². The SMILES string of the molecule is NCC#Cc1ccc(C(=O)Nc2cc(Cl)c(F)c(Cl)c2)s1. The smallest absolute Gasteiger partial charge is 0.265 e. The molecule has 3 nitrogen and oxygen atoms in total. The van der Waals surface area contributed by atoms with Crippen molar-refractivity contribution in [2.45, 2.75) is 0 Å². The van der Waals surface area contributed by atoms with Gasteiger partial charge in [-0.1, -0.05) is 35.0 Å². The summed E-state index contributed by atoms with van der Waals surface area (Å²) in [7, 11) is 0. The summed E-state index contributed by atoms with van der Waals surface area (Å²) in [4.78, 5) is 13.3. The third kappa shape index (κ3) is 3.96. The lowest BCUT2D eigenvalue weighted by atomic mass is 10.3. The highest BCUT2D eigenvalue weighted by Crippen LogP contribution is 2.28. The Kier molecular flexibility index (Phi) is 5.21. The molecule has 3 N–H and O–H groups in total. The van der Waals surface area contributed by atoms with Gasteiger partial charge in [0.25, 0.3) is 5.91 Å². The molecule has 7 heteroatoms. The molecule has 0 spiro atoms. The largest absolute Gasteiger partial charge is 0.321 e. The van der Waals surface area contributed by atoms with Gasteiger partial charge >= 0.3 is 0 Å². The van der Waals surface area contributed by atoms with Crippen LogP contribution in [0.1, 0.15) is 14.5 Å². The summed E-state index contributed by atoms with van der Waals surface area (Å²) in [6, 6.07) is 5.97. The van der Waals surface area contributed by atoms with E-state index >= 15 is 0 Å². The number of hydrogen-bond acceptors (Lipinski definition) is 3. The van der Waals surface area contributed by atoms with E-state index in [1.54, 1.807) is 12.1 Å². The van der Waals surface area contributed by atoms with Gasteiger partial charge in [0.15, 0.2) is 5.82 Å². The predicted molar refractivity (Wildman–Crippen MR) is 84.6 cm³/mol. The van der Waals surface area contributed by atoms with Gasteiger partial charge in [-0.25, -0.2) is 4.39 Å². The molecule has 0 aliphatic rings. The summed E-state index contributed by atoms with van der Waals surface area (Å²) in [5.74, 6) is 4.48. The van der Waals surface area contributed by atoms with E-state index < -0.39 is 5.82 Å². The molecule has 0 aliphatic carbocycles. The molecule has 1 amide bonds. The predicted octanol–water partition coefficient (Wildman–Crippen LogP) is 3.76. The highest BCUT2D eigenvalue weighted by Gasteiger charge is 2.12. The van der Waals surface area contributed by atoms with Crippen LogP contribution in [0.4, 0.5) is 10.1 Å². The number of anilines is 1. The molecule has 0 bridgehead atoms. The Morgan fingerprint density at radius 2 is 2.00 bits per heavy atom. The van der Waals surface area contributed by atoms with Gasteiger partial charge in [-0.3, -0.25) is 4.79 Å². The lowest BCUT2D eigenvalue weighted by molar-refractivity contribution is 0.103. The van der Waals surface area contributed by atoms with E-state index in [1.807, 2.05) is 0 Å². The molecule has 1 aromatic heterocycles. The first kappa shape index (κ1) is 15.8. The number of rotatable bonds is 2. The van der Waals surface area contributed by atoms with Crippen LogP contribution in [-0.4, -0.2) is 12.5 Å². The molecule has 0 fully saturated rings. The summed E-state index contributed by atoms with van der Waals surface area (Å²) in [6.45, 7) is 0.256. The van der Waals surface area contributed by atoms with Crippen LogP contribution in [0, 0.1) is 17.7 Å². The Morgan fingerprint density at radius 1 is 1.33 bits per heavy atom. The normalized spacial score (nSPS) is 9.90. The number of hydrogen-bond donors (Lipinski definition) is 2. The van der Waals surface area contributed by atoms with Crippen molar-refractivity contribution < 1.29 is 9.18 Å². The summed E-state index contributed by atoms with van der Waals surface area (Å²) < 4.78 is 13.3. The summed E-state index contributed by atoms with van der Waals surface area (Å²) >= 11 is 12.6. The molecule has 0 saturated heterocycles. The van der Waals surface area contributed by atoms with Crippen LogP contribution in [0.2, 0.25) is 10.0 Å². The Balaban J connectivity index is 2.16. The zero-order valence-corrected chi connectivity index (χ0v) is 12.9. The van der Waals surface area contributed by atoms with E-state index in [9.17, 15) is 9.18 Å². The number of nitrogens with one attached hydrogen (secondary N) is 1. The second-order valence-electron chi connectivity index (χ2n) is 3.88. The van der Waals surface area contributed by atoms with Gasteiger partial charge in [0.1, 0.15) is 0 Å². The zero-order chi connectivity index (χ0) is 15.4. The molecule has 0 saturated carbocycles. The van der Waals surface area contributed by atoms with Gasteiger partial charge in [-0.2, -0.15) is 0 Å². The standard InChI is InChI=1S/C14H9Cl2FN2OS/c15-10-6-8(7-11(16)13(10)17)19-14(20)12-4-3-9(21-12)2-1-5-18/h3-4,6-7H,5,18H2,(H,19,20). The lowest BCUT2D eigenvalue weighted by Crippen LogP contribution is -2.10. The number of amides is 1. The third-order valence-corrected chi connectivity index (χ3v) is 3.93. The van der Waals surface area contributed by atoms with Crippen molar-refractivity contribution in [3.05, 3.63) is 49.9 Å². The average molecular weight is 343 g/mol. The van der Waals surface area contributed by atoms with Crippen molar-refractivity contribution in [1.29, 1.82) is 0 Å². The fourth-order valence-corrected chi connectivity index (χ4v) is 2.75. The first-order valence-electron chi connectivity index (χ1n) is 5.76. The summed E-state index contributed by atoms with van der Waals surface area (Å²) in [6.07, 6.45) is 0. The van der Waals surface area contributed by atoms with Crippen molar-refractivity contribution >= 4 is 46.1 Å². The van der Waals surface area contributed by atoms with Crippen molar-refractivity contribution in [2.24, 2.45) is 5.73 Å². The first-order chi connectivity index (χ1) is 10.0. The molecule has 2 rings (SSSR count). The molecule has 0 atom stereocenters. The van der Waals surface area contributed by atoms with Gasteiger partial charge in [0, 0.05) is 5.69 Å². The maximum absolute atomic E-state index is 13.3. The molecule has 0 aliphatic heterocycles. The average Bonchev–Trinajstić information content (AvgIpc) is 2.91.